The van der Waals surface area contributed by atoms with Crippen LogP contribution in [0.5, 0.6) is 0 Å². The number of fused-ring (bicyclic) bond motifs is 2. The Labute approximate surface area is 278 Å². The van der Waals surface area contributed by atoms with Gasteiger partial charge >= 0.3 is 0 Å². The predicted molar refractivity (Wildman–Crippen MR) is 188 cm³/mol. The molecule has 208 valence electrons. The van der Waals surface area contributed by atoms with E-state index in [0.29, 0.717) is 36.1 Å². The SMILES string of the molecule is CCCCC(CC)CN1C(=O)C(=C2C(=O)N(CC(CC)CCCC)c3c2sc(I)c3Br)c2sc(I)c(Br)c21. The first-order chi connectivity index (χ1) is 18.2. The number of hydrogen-bond donors (Lipinski definition) is 0. The summed E-state index contributed by atoms with van der Waals surface area (Å²) in [7, 11) is 0. The molecule has 2 aliphatic heterocycles. The second-order valence-corrected chi connectivity index (χ2v) is 17.4. The minimum Gasteiger partial charge on any atom is -0.305 e. The summed E-state index contributed by atoms with van der Waals surface area (Å²) in [5, 5.41) is 0. The number of hydrogen-bond acceptors (Lipinski definition) is 4. The molecular formula is C28H34Br2I2N2O2S2. The highest BCUT2D eigenvalue weighted by Crippen LogP contribution is 2.57. The van der Waals surface area contributed by atoms with Crippen molar-refractivity contribution in [3.63, 3.8) is 0 Å². The van der Waals surface area contributed by atoms with Crippen molar-refractivity contribution < 1.29 is 9.59 Å². The molecule has 10 heteroatoms. The van der Waals surface area contributed by atoms with E-state index in [0.717, 1.165) is 74.4 Å². The first kappa shape index (κ1) is 31.4. The van der Waals surface area contributed by atoms with Gasteiger partial charge in [0, 0.05) is 13.1 Å². The van der Waals surface area contributed by atoms with Gasteiger partial charge < -0.3 is 9.80 Å². The van der Waals surface area contributed by atoms with Crippen LogP contribution < -0.4 is 9.80 Å². The molecule has 0 saturated carbocycles. The highest BCUT2D eigenvalue weighted by molar-refractivity contribution is 14.1. The van der Waals surface area contributed by atoms with E-state index in [1.54, 1.807) is 22.7 Å². The number of carbonyl (C=O) groups is 2. The number of halogens is 4. The Bertz CT molecular complexity index is 1160. The van der Waals surface area contributed by atoms with Crippen LogP contribution in [0.2, 0.25) is 0 Å². The van der Waals surface area contributed by atoms with Crippen molar-refractivity contribution in [2.75, 3.05) is 22.9 Å². The number of nitrogens with zero attached hydrogens (tertiary/aromatic N) is 2. The summed E-state index contributed by atoms with van der Waals surface area (Å²) < 4.78 is 4.17. The van der Waals surface area contributed by atoms with Gasteiger partial charge in [0.25, 0.3) is 11.8 Å². The van der Waals surface area contributed by atoms with E-state index >= 15 is 0 Å². The van der Waals surface area contributed by atoms with Crippen LogP contribution in [-0.4, -0.2) is 24.9 Å². The maximum absolute atomic E-state index is 14.2. The highest BCUT2D eigenvalue weighted by atomic mass is 127. The first-order valence-corrected chi connectivity index (χ1v) is 18.9. The van der Waals surface area contributed by atoms with Gasteiger partial charge in [-0.3, -0.25) is 9.59 Å². The van der Waals surface area contributed by atoms with E-state index in [2.05, 4.69) is 105 Å². The smallest absolute Gasteiger partial charge is 0.260 e. The molecule has 4 heterocycles. The molecule has 2 aromatic heterocycles. The van der Waals surface area contributed by atoms with Gasteiger partial charge in [0.05, 0.1) is 47.0 Å². The molecule has 38 heavy (non-hydrogen) atoms. The third-order valence-electron chi connectivity index (χ3n) is 7.70. The molecule has 0 fully saturated rings. The molecule has 4 rings (SSSR count). The summed E-state index contributed by atoms with van der Waals surface area (Å²) in [6.07, 6.45) is 8.93. The summed E-state index contributed by atoms with van der Waals surface area (Å²) in [6, 6.07) is 0. The van der Waals surface area contributed by atoms with Crippen LogP contribution >= 0.6 is 99.7 Å². The largest absolute Gasteiger partial charge is 0.305 e. The Morgan fingerprint density at radius 1 is 0.711 bits per heavy atom. The Hall–Kier alpha value is 0.500. The number of amides is 2. The van der Waals surface area contributed by atoms with Crippen molar-refractivity contribution in [3.8, 4) is 0 Å². The van der Waals surface area contributed by atoms with Gasteiger partial charge in [-0.05, 0) is 102 Å². The lowest BCUT2D eigenvalue weighted by Crippen LogP contribution is -2.34. The van der Waals surface area contributed by atoms with Crippen molar-refractivity contribution in [1.82, 2.24) is 0 Å². The summed E-state index contributed by atoms with van der Waals surface area (Å²) in [4.78, 5) is 34.3. The highest BCUT2D eigenvalue weighted by Gasteiger charge is 2.47. The average molecular weight is 908 g/mol. The maximum atomic E-state index is 14.2. The zero-order valence-electron chi connectivity index (χ0n) is 22.3. The Kier molecular flexibility index (Phi) is 11.3. The second kappa shape index (κ2) is 13.6. The van der Waals surface area contributed by atoms with E-state index < -0.39 is 0 Å². The zero-order valence-corrected chi connectivity index (χ0v) is 31.4. The first-order valence-electron chi connectivity index (χ1n) is 13.5. The number of carbonyl (C=O) groups excluding carboxylic acids is 2. The van der Waals surface area contributed by atoms with Gasteiger partial charge in [-0.1, -0.05) is 66.2 Å². The molecule has 2 amide bonds. The van der Waals surface area contributed by atoms with E-state index in [4.69, 9.17) is 0 Å². The van der Waals surface area contributed by atoms with Crippen LogP contribution in [-0.2, 0) is 9.59 Å². The fourth-order valence-corrected chi connectivity index (χ4v) is 10.7. The van der Waals surface area contributed by atoms with Crippen LogP contribution in [0.15, 0.2) is 8.95 Å². The van der Waals surface area contributed by atoms with Crippen molar-refractivity contribution >= 4 is 134 Å². The normalized spacial score (nSPS) is 18.5. The molecule has 0 aromatic carbocycles. The van der Waals surface area contributed by atoms with Crippen molar-refractivity contribution in [3.05, 3.63) is 24.5 Å². The van der Waals surface area contributed by atoms with Crippen molar-refractivity contribution in [2.24, 2.45) is 11.8 Å². The van der Waals surface area contributed by atoms with Gasteiger partial charge in [0.1, 0.15) is 0 Å². The molecule has 0 bridgehead atoms. The molecule has 0 saturated heterocycles. The lowest BCUT2D eigenvalue weighted by Gasteiger charge is -2.24. The summed E-state index contributed by atoms with van der Waals surface area (Å²) >= 11 is 15.5. The maximum Gasteiger partial charge on any atom is 0.260 e. The minimum absolute atomic E-state index is 0.0213. The van der Waals surface area contributed by atoms with Crippen LogP contribution in [0.1, 0.15) is 88.8 Å². The van der Waals surface area contributed by atoms with Crippen LogP contribution in [0.25, 0.3) is 11.1 Å². The lowest BCUT2D eigenvalue weighted by atomic mass is 9.98. The van der Waals surface area contributed by atoms with Crippen molar-refractivity contribution in [2.45, 2.75) is 79.1 Å². The molecule has 0 radical (unpaired) electrons. The third-order valence-corrected chi connectivity index (χ3v) is 15.6. The van der Waals surface area contributed by atoms with E-state index in [-0.39, 0.29) is 11.8 Å². The molecule has 0 aliphatic carbocycles. The number of rotatable bonds is 12. The monoisotopic (exact) mass is 906 g/mol. The molecule has 4 nitrogen and oxygen atoms in total. The summed E-state index contributed by atoms with van der Waals surface area (Å²) in [6.45, 7) is 10.2. The zero-order chi connectivity index (χ0) is 27.7. The molecule has 2 unspecified atom stereocenters. The lowest BCUT2D eigenvalue weighted by molar-refractivity contribution is -0.114. The van der Waals surface area contributed by atoms with E-state index in [1.807, 2.05) is 9.80 Å². The molecule has 2 aliphatic rings. The van der Waals surface area contributed by atoms with Gasteiger partial charge in [-0.2, -0.15) is 0 Å². The van der Waals surface area contributed by atoms with Gasteiger partial charge in [-0.15, -0.1) is 22.7 Å². The number of anilines is 2. The minimum atomic E-state index is -0.0213. The van der Waals surface area contributed by atoms with E-state index in [1.165, 1.54) is 12.8 Å². The summed E-state index contributed by atoms with van der Waals surface area (Å²) in [5.74, 6) is 0.833. The number of unbranched alkanes of at least 4 members (excludes halogenated alkanes) is 2. The molecular weight excluding hydrogens is 874 g/mol. The Morgan fingerprint density at radius 3 is 1.39 bits per heavy atom. The fourth-order valence-electron chi connectivity index (χ4n) is 5.38. The standard InChI is InChI=1S/C28H34Br2I2N2O2S2/c1-5-9-11-15(7-3)13-33-21-19(29)25(31)37-23(21)17(27(33)35)18-24-22(20(30)26(32)38-24)34(28(18)36)14-16(8-4)12-10-6-2/h15-16H,5-14H2,1-4H3. The van der Waals surface area contributed by atoms with E-state index in [9.17, 15) is 9.59 Å². The van der Waals surface area contributed by atoms with Crippen molar-refractivity contribution in [1.29, 1.82) is 0 Å². The second-order valence-electron chi connectivity index (χ2n) is 10.1. The molecule has 2 aromatic rings. The topological polar surface area (TPSA) is 40.6 Å². The Balaban J connectivity index is 1.83. The summed E-state index contributed by atoms with van der Waals surface area (Å²) in [5.41, 5.74) is 3.10. The Morgan fingerprint density at radius 2 is 1.08 bits per heavy atom. The van der Waals surface area contributed by atoms with Crippen LogP contribution in [0.4, 0.5) is 11.4 Å². The molecule has 2 atom stereocenters. The van der Waals surface area contributed by atoms with Crippen LogP contribution in [0.3, 0.4) is 0 Å². The average Bonchev–Trinajstić information content (AvgIpc) is 3.53. The van der Waals surface area contributed by atoms with Crippen LogP contribution in [0, 0.1) is 17.6 Å². The molecule has 0 spiro atoms. The van der Waals surface area contributed by atoms with Gasteiger partial charge in [0.15, 0.2) is 0 Å². The third kappa shape index (κ3) is 5.87. The quantitative estimate of drug-likeness (QED) is 0.157. The number of thiophene rings is 2. The fraction of sp³-hybridized carbons (Fsp3) is 0.571. The van der Waals surface area contributed by atoms with Gasteiger partial charge in [-0.25, -0.2) is 0 Å². The predicted octanol–water partition coefficient (Wildman–Crippen LogP) is 10.6. The molecule has 0 N–H and O–H groups in total. The van der Waals surface area contributed by atoms with Gasteiger partial charge in [0.2, 0.25) is 0 Å².